The lowest BCUT2D eigenvalue weighted by molar-refractivity contribution is -0.122. The quantitative estimate of drug-likeness (QED) is 0.823. The molecule has 2 unspecified atom stereocenters. The van der Waals surface area contributed by atoms with Gasteiger partial charge in [0, 0.05) is 12.0 Å². The van der Waals surface area contributed by atoms with Crippen molar-refractivity contribution in [1.82, 2.24) is 10.5 Å². The number of carbonyl (C=O) groups excluding carboxylic acids is 1. The number of rotatable bonds is 7. The van der Waals surface area contributed by atoms with Crippen LogP contribution < -0.4 is 5.32 Å². The predicted molar refractivity (Wildman–Crippen MR) is 88.2 cm³/mol. The Morgan fingerprint density at radius 1 is 1.30 bits per heavy atom. The number of nitrogens with zero attached hydrogens (tertiary/aromatic N) is 1. The minimum atomic E-state index is -0.276. The summed E-state index contributed by atoms with van der Waals surface area (Å²) in [5.41, 5.74) is 2.90. The molecule has 23 heavy (non-hydrogen) atoms. The van der Waals surface area contributed by atoms with Gasteiger partial charge in [0.25, 0.3) is 0 Å². The SMILES string of the molecule is Cc1noc(C)c1C(C)CC(=O)NC(CO)Cc1ccccc1. The van der Waals surface area contributed by atoms with E-state index >= 15 is 0 Å². The Morgan fingerprint density at radius 2 is 2.00 bits per heavy atom. The largest absolute Gasteiger partial charge is 0.394 e. The van der Waals surface area contributed by atoms with Gasteiger partial charge >= 0.3 is 0 Å². The first kappa shape index (κ1) is 17.2. The molecule has 0 aliphatic carbocycles. The van der Waals surface area contributed by atoms with Gasteiger partial charge in [-0.25, -0.2) is 0 Å². The van der Waals surface area contributed by atoms with Crippen LogP contribution in [0.1, 0.15) is 41.8 Å². The maximum absolute atomic E-state index is 12.3. The number of aliphatic hydroxyl groups excluding tert-OH is 1. The Morgan fingerprint density at radius 3 is 2.57 bits per heavy atom. The molecule has 2 aromatic rings. The molecule has 1 amide bonds. The van der Waals surface area contributed by atoms with Crippen molar-refractivity contribution < 1.29 is 14.4 Å². The third-order valence-corrected chi connectivity index (χ3v) is 3.98. The number of hydrogen-bond donors (Lipinski definition) is 2. The zero-order chi connectivity index (χ0) is 16.8. The lowest BCUT2D eigenvalue weighted by Crippen LogP contribution is -2.39. The van der Waals surface area contributed by atoms with Gasteiger partial charge in [-0.1, -0.05) is 42.4 Å². The van der Waals surface area contributed by atoms with Crippen molar-refractivity contribution in [3.8, 4) is 0 Å². The van der Waals surface area contributed by atoms with Crippen molar-refractivity contribution in [3.63, 3.8) is 0 Å². The van der Waals surface area contributed by atoms with Gasteiger partial charge in [0.15, 0.2) is 0 Å². The summed E-state index contributed by atoms with van der Waals surface area (Å²) in [6.45, 7) is 5.64. The molecule has 2 atom stereocenters. The van der Waals surface area contributed by atoms with Gasteiger partial charge in [-0.05, 0) is 31.7 Å². The van der Waals surface area contributed by atoms with Crippen LogP contribution in [0.3, 0.4) is 0 Å². The Labute approximate surface area is 136 Å². The first-order valence-electron chi connectivity index (χ1n) is 7.88. The summed E-state index contributed by atoms with van der Waals surface area (Å²) in [6, 6.07) is 9.54. The summed E-state index contributed by atoms with van der Waals surface area (Å²) >= 11 is 0. The highest BCUT2D eigenvalue weighted by Gasteiger charge is 2.20. The summed E-state index contributed by atoms with van der Waals surface area (Å²) < 4.78 is 5.16. The third kappa shape index (κ3) is 4.66. The van der Waals surface area contributed by atoms with Gasteiger partial charge in [0.2, 0.25) is 5.91 Å². The Bertz CT molecular complexity index is 617. The fourth-order valence-electron chi connectivity index (χ4n) is 2.92. The molecule has 0 spiro atoms. The molecule has 0 aliphatic heterocycles. The van der Waals surface area contributed by atoms with Crippen LogP contribution in [0.4, 0.5) is 0 Å². The van der Waals surface area contributed by atoms with E-state index in [0.29, 0.717) is 12.8 Å². The number of hydrogen-bond acceptors (Lipinski definition) is 4. The fourth-order valence-corrected chi connectivity index (χ4v) is 2.92. The third-order valence-electron chi connectivity index (χ3n) is 3.98. The predicted octanol–water partition coefficient (Wildman–Crippen LogP) is 2.50. The van der Waals surface area contributed by atoms with Crippen LogP contribution in [0.15, 0.2) is 34.9 Å². The lowest BCUT2D eigenvalue weighted by Gasteiger charge is -2.18. The van der Waals surface area contributed by atoms with E-state index in [1.807, 2.05) is 51.1 Å². The highest BCUT2D eigenvalue weighted by atomic mass is 16.5. The number of aromatic nitrogens is 1. The van der Waals surface area contributed by atoms with Crippen LogP contribution in [0.2, 0.25) is 0 Å². The zero-order valence-corrected chi connectivity index (χ0v) is 13.9. The topological polar surface area (TPSA) is 75.4 Å². The number of aliphatic hydroxyl groups is 1. The number of aryl methyl sites for hydroxylation is 2. The normalized spacial score (nSPS) is 13.6. The first-order chi connectivity index (χ1) is 11.0. The summed E-state index contributed by atoms with van der Waals surface area (Å²) in [6.07, 6.45) is 0.955. The van der Waals surface area contributed by atoms with Gasteiger partial charge in [-0.3, -0.25) is 4.79 Å². The zero-order valence-electron chi connectivity index (χ0n) is 13.9. The van der Waals surface area contributed by atoms with Gasteiger partial charge < -0.3 is 14.9 Å². The molecule has 2 rings (SSSR count). The second-order valence-corrected chi connectivity index (χ2v) is 5.98. The molecule has 124 valence electrons. The molecule has 0 aliphatic rings. The molecular formula is C18H24N2O3. The second-order valence-electron chi connectivity index (χ2n) is 5.98. The molecule has 5 heteroatoms. The molecule has 1 heterocycles. The summed E-state index contributed by atoms with van der Waals surface area (Å²) in [4.78, 5) is 12.3. The Hall–Kier alpha value is -2.14. The maximum Gasteiger partial charge on any atom is 0.220 e. The number of amides is 1. The van der Waals surface area contributed by atoms with Crippen LogP contribution in [0.5, 0.6) is 0 Å². The van der Waals surface area contributed by atoms with Crippen LogP contribution in [0.25, 0.3) is 0 Å². The summed E-state index contributed by atoms with van der Waals surface area (Å²) in [5.74, 6) is 0.704. The van der Waals surface area contributed by atoms with Crippen LogP contribution in [-0.4, -0.2) is 28.8 Å². The number of carbonyl (C=O) groups is 1. The van der Waals surface area contributed by atoms with E-state index in [1.165, 1.54) is 0 Å². The van der Waals surface area contributed by atoms with Gasteiger partial charge in [0.1, 0.15) is 5.76 Å². The van der Waals surface area contributed by atoms with Crippen LogP contribution in [-0.2, 0) is 11.2 Å². The van der Waals surface area contributed by atoms with Crippen LogP contribution in [0, 0.1) is 13.8 Å². The van der Waals surface area contributed by atoms with Crippen molar-refractivity contribution in [1.29, 1.82) is 0 Å². The molecule has 0 bridgehead atoms. The van der Waals surface area contributed by atoms with Crippen molar-refractivity contribution in [2.24, 2.45) is 0 Å². The average Bonchev–Trinajstić information content (AvgIpc) is 2.86. The van der Waals surface area contributed by atoms with E-state index < -0.39 is 0 Å². The highest BCUT2D eigenvalue weighted by molar-refractivity contribution is 5.77. The van der Waals surface area contributed by atoms with Crippen molar-refractivity contribution >= 4 is 5.91 Å². The molecule has 0 radical (unpaired) electrons. The number of nitrogens with one attached hydrogen (secondary N) is 1. The van der Waals surface area contributed by atoms with Gasteiger partial charge in [-0.2, -0.15) is 0 Å². The molecule has 5 nitrogen and oxygen atoms in total. The van der Waals surface area contributed by atoms with E-state index in [9.17, 15) is 9.90 Å². The minimum absolute atomic E-state index is 0.0253. The first-order valence-corrected chi connectivity index (χ1v) is 7.88. The van der Waals surface area contributed by atoms with E-state index in [-0.39, 0.29) is 24.5 Å². The smallest absolute Gasteiger partial charge is 0.220 e. The van der Waals surface area contributed by atoms with Crippen LogP contribution >= 0.6 is 0 Å². The van der Waals surface area contributed by atoms with E-state index in [0.717, 1.165) is 22.6 Å². The summed E-state index contributed by atoms with van der Waals surface area (Å²) in [5, 5.41) is 16.3. The van der Waals surface area contributed by atoms with E-state index in [2.05, 4.69) is 10.5 Å². The van der Waals surface area contributed by atoms with E-state index in [1.54, 1.807) is 0 Å². The van der Waals surface area contributed by atoms with Crippen molar-refractivity contribution in [3.05, 3.63) is 52.9 Å². The molecule has 2 N–H and O–H groups in total. The molecule has 1 aromatic heterocycles. The van der Waals surface area contributed by atoms with Crippen molar-refractivity contribution in [2.45, 2.75) is 45.6 Å². The van der Waals surface area contributed by atoms with Crippen molar-refractivity contribution in [2.75, 3.05) is 6.61 Å². The van der Waals surface area contributed by atoms with Gasteiger partial charge in [0.05, 0.1) is 18.3 Å². The molecule has 0 saturated carbocycles. The maximum atomic E-state index is 12.3. The molecule has 0 fully saturated rings. The molecule has 1 aromatic carbocycles. The highest BCUT2D eigenvalue weighted by Crippen LogP contribution is 2.25. The fraction of sp³-hybridized carbons (Fsp3) is 0.444. The standard InChI is InChI=1S/C18H24N2O3/c1-12(18-13(2)20-23-14(18)3)9-17(22)19-16(11-21)10-15-7-5-4-6-8-15/h4-8,12,16,21H,9-11H2,1-3H3,(H,19,22). The second kappa shape index (κ2) is 7.92. The Kier molecular flexibility index (Phi) is 5.93. The summed E-state index contributed by atoms with van der Waals surface area (Å²) in [7, 11) is 0. The lowest BCUT2D eigenvalue weighted by atomic mass is 9.95. The van der Waals surface area contributed by atoms with E-state index in [4.69, 9.17) is 4.52 Å². The van der Waals surface area contributed by atoms with Gasteiger partial charge in [-0.15, -0.1) is 0 Å². The monoisotopic (exact) mass is 316 g/mol. The molecule has 0 saturated heterocycles. The molecular weight excluding hydrogens is 292 g/mol. The number of benzene rings is 1. The minimum Gasteiger partial charge on any atom is -0.394 e. The Balaban J connectivity index is 1.92. The average molecular weight is 316 g/mol.